The van der Waals surface area contributed by atoms with Crippen molar-refractivity contribution in [3.05, 3.63) is 30.5 Å². The van der Waals surface area contributed by atoms with E-state index in [0.717, 1.165) is 23.0 Å². The van der Waals surface area contributed by atoms with E-state index < -0.39 is 0 Å². The second kappa shape index (κ2) is 6.96. The van der Waals surface area contributed by atoms with Crippen LogP contribution < -0.4 is 10.6 Å². The molecule has 108 valence electrons. The van der Waals surface area contributed by atoms with Crippen molar-refractivity contribution >= 4 is 22.6 Å². The van der Waals surface area contributed by atoms with Crippen LogP contribution in [0.1, 0.15) is 13.3 Å². The molecule has 1 aromatic carbocycles. The molecule has 0 aliphatic heterocycles. The number of ether oxygens (including phenoxy) is 1. The van der Waals surface area contributed by atoms with Crippen molar-refractivity contribution in [3.63, 3.8) is 0 Å². The summed E-state index contributed by atoms with van der Waals surface area (Å²) in [6.07, 6.45) is 2.74. The van der Waals surface area contributed by atoms with Crippen LogP contribution in [0.25, 0.3) is 10.9 Å². The van der Waals surface area contributed by atoms with Crippen molar-refractivity contribution in [3.8, 4) is 0 Å². The monoisotopic (exact) mass is 275 g/mol. The molecule has 0 aliphatic rings. The van der Waals surface area contributed by atoms with Gasteiger partial charge >= 0.3 is 6.03 Å². The number of carbonyl (C=O) groups excluding carboxylic acids is 1. The lowest BCUT2D eigenvalue weighted by molar-refractivity contribution is 0.145. The van der Waals surface area contributed by atoms with Crippen LogP contribution in [-0.4, -0.2) is 30.4 Å². The SMILES string of the molecule is CCOCCCNC(=O)Nc1cn(C)c2ccccc12. The largest absolute Gasteiger partial charge is 0.382 e. The Bertz CT molecular complexity index is 578. The number of benzene rings is 1. The predicted octanol–water partition coefficient (Wildman–Crippen LogP) is 2.73. The molecule has 2 N–H and O–H groups in total. The lowest BCUT2D eigenvalue weighted by Gasteiger charge is -2.06. The maximum absolute atomic E-state index is 11.8. The lowest BCUT2D eigenvalue weighted by atomic mass is 10.2. The Hall–Kier alpha value is -2.01. The molecule has 0 saturated heterocycles. The third-order valence-corrected chi connectivity index (χ3v) is 3.10. The number of aromatic nitrogens is 1. The van der Waals surface area contributed by atoms with Crippen molar-refractivity contribution in [2.24, 2.45) is 7.05 Å². The second-order valence-corrected chi connectivity index (χ2v) is 4.60. The van der Waals surface area contributed by atoms with Crippen LogP contribution in [0.4, 0.5) is 10.5 Å². The number of aryl methyl sites for hydroxylation is 1. The van der Waals surface area contributed by atoms with E-state index in [1.807, 2.05) is 49.0 Å². The van der Waals surface area contributed by atoms with Crippen LogP contribution in [0, 0.1) is 0 Å². The zero-order valence-corrected chi connectivity index (χ0v) is 12.0. The van der Waals surface area contributed by atoms with E-state index in [1.165, 1.54) is 0 Å². The van der Waals surface area contributed by atoms with Crippen molar-refractivity contribution in [1.82, 2.24) is 9.88 Å². The molecule has 0 atom stereocenters. The Morgan fingerprint density at radius 3 is 2.95 bits per heavy atom. The van der Waals surface area contributed by atoms with Gasteiger partial charge in [-0.25, -0.2) is 4.79 Å². The first-order chi connectivity index (χ1) is 9.72. The molecule has 5 nitrogen and oxygen atoms in total. The number of rotatable bonds is 6. The van der Waals surface area contributed by atoms with Gasteiger partial charge < -0.3 is 19.9 Å². The van der Waals surface area contributed by atoms with Gasteiger partial charge in [-0.2, -0.15) is 0 Å². The Morgan fingerprint density at radius 2 is 2.15 bits per heavy atom. The summed E-state index contributed by atoms with van der Waals surface area (Å²) in [5, 5.41) is 6.75. The van der Waals surface area contributed by atoms with Gasteiger partial charge in [0.1, 0.15) is 0 Å². The molecule has 0 spiro atoms. The van der Waals surface area contributed by atoms with Crippen molar-refractivity contribution in [2.75, 3.05) is 25.1 Å². The highest BCUT2D eigenvalue weighted by Gasteiger charge is 2.08. The minimum absolute atomic E-state index is 0.183. The number of fused-ring (bicyclic) bond motifs is 1. The summed E-state index contributed by atoms with van der Waals surface area (Å²) in [5.74, 6) is 0. The fourth-order valence-electron chi connectivity index (χ4n) is 2.13. The van der Waals surface area contributed by atoms with Gasteiger partial charge in [-0.15, -0.1) is 0 Å². The second-order valence-electron chi connectivity index (χ2n) is 4.60. The predicted molar refractivity (Wildman–Crippen MR) is 81.1 cm³/mol. The van der Waals surface area contributed by atoms with Crippen LogP contribution in [0.5, 0.6) is 0 Å². The molecular weight excluding hydrogens is 254 g/mol. The van der Waals surface area contributed by atoms with Crippen molar-refractivity contribution in [1.29, 1.82) is 0 Å². The maximum atomic E-state index is 11.8. The molecule has 0 bridgehead atoms. The number of hydrogen-bond donors (Lipinski definition) is 2. The molecule has 0 unspecified atom stereocenters. The Morgan fingerprint density at radius 1 is 1.35 bits per heavy atom. The molecule has 0 aliphatic carbocycles. The summed E-state index contributed by atoms with van der Waals surface area (Å²) in [7, 11) is 1.97. The van der Waals surface area contributed by atoms with Crippen LogP contribution in [0.3, 0.4) is 0 Å². The molecule has 20 heavy (non-hydrogen) atoms. The average Bonchev–Trinajstić information content (AvgIpc) is 2.76. The smallest absolute Gasteiger partial charge is 0.319 e. The Balaban J connectivity index is 1.90. The summed E-state index contributed by atoms with van der Waals surface area (Å²) in [5.41, 5.74) is 1.92. The molecule has 0 radical (unpaired) electrons. The molecule has 0 fully saturated rings. The summed E-state index contributed by atoms with van der Waals surface area (Å²) in [6, 6.07) is 7.80. The van der Waals surface area contributed by atoms with E-state index in [-0.39, 0.29) is 6.03 Å². The first-order valence-corrected chi connectivity index (χ1v) is 6.89. The molecule has 2 amide bonds. The van der Waals surface area contributed by atoms with Crippen molar-refractivity contribution in [2.45, 2.75) is 13.3 Å². The number of amides is 2. The number of nitrogens with zero attached hydrogens (tertiary/aromatic N) is 1. The van der Waals surface area contributed by atoms with E-state index in [0.29, 0.717) is 19.8 Å². The topological polar surface area (TPSA) is 55.3 Å². The van der Waals surface area contributed by atoms with E-state index in [4.69, 9.17) is 4.74 Å². The first-order valence-electron chi connectivity index (χ1n) is 6.89. The van der Waals surface area contributed by atoms with E-state index >= 15 is 0 Å². The first kappa shape index (κ1) is 14.4. The van der Waals surface area contributed by atoms with Gasteiger partial charge in [-0.3, -0.25) is 0 Å². The van der Waals surface area contributed by atoms with Gasteiger partial charge in [-0.05, 0) is 19.4 Å². The summed E-state index contributed by atoms with van der Waals surface area (Å²) in [4.78, 5) is 11.8. The van der Waals surface area contributed by atoms with Gasteiger partial charge in [0.05, 0.1) is 5.69 Å². The van der Waals surface area contributed by atoms with Crippen LogP contribution in [0.15, 0.2) is 30.5 Å². The quantitative estimate of drug-likeness (QED) is 0.796. The highest BCUT2D eigenvalue weighted by atomic mass is 16.5. The lowest BCUT2D eigenvalue weighted by Crippen LogP contribution is -2.30. The molecule has 1 aromatic heterocycles. The van der Waals surface area contributed by atoms with Crippen molar-refractivity contribution < 1.29 is 9.53 Å². The number of hydrogen-bond acceptors (Lipinski definition) is 2. The molecule has 0 saturated carbocycles. The summed E-state index contributed by atoms with van der Waals surface area (Å²) >= 11 is 0. The molecule has 2 rings (SSSR count). The van der Waals surface area contributed by atoms with Gasteiger partial charge in [0.25, 0.3) is 0 Å². The number of para-hydroxylation sites is 1. The number of carbonyl (C=O) groups is 1. The van der Waals surface area contributed by atoms with Gasteiger partial charge in [0.2, 0.25) is 0 Å². The standard InChI is InChI=1S/C15H21N3O2/c1-3-20-10-6-9-16-15(19)17-13-11-18(2)14-8-5-4-7-12(13)14/h4-5,7-8,11H,3,6,9-10H2,1-2H3,(H2,16,17,19). The maximum Gasteiger partial charge on any atom is 0.319 e. The molecular formula is C15H21N3O2. The highest BCUT2D eigenvalue weighted by molar-refractivity contribution is 6.01. The molecule has 5 heteroatoms. The van der Waals surface area contributed by atoms with Gasteiger partial charge in [0, 0.05) is 43.9 Å². The number of urea groups is 1. The fraction of sp³-hybridized carbons (Fsp3) is 0.400. The Labute approximate surface area is 118 Å². The normalized spacial score (nSPS) is 10.7. The zero-order chi connectivity index (χ0) is 14.4. The molecule has 1 heterocycles. The average molecular weight is 275 g/mol. The third kappa shape index (κ3) is 3.51. The zero-order valence-electron chi connectivity index (χ0n) is 12.0. The van der Waals surface area contributed by atoms with Gasteiger partial charge in [-0.1, -0.05) is 18.2 Å². The van der Waals surface area contributed by atoms with E-state index in [1.54, 1.807) is 0 Å². The number of anilines is 1. The minimum Gasteiger partial charge on any atom is -0.382 e. The van der Waals surface area contributed by atoms with E-state index in [9.17, 15) is 4.79 Å². The highest BCUT2D eigenvalue weighted by Crippen LogP contribution is 2.24. The number of nitrogens with one attached hydrogen (secondary N) is 2. The van der Waals surface area contributed by atoms with Crippen LogP contribution in [0.2, 0.25) is 0 Å². The van der Waals surface area contributed by atoms with E-state index in [2.05, 4.69) is 10.6 Å². The van der Waals surface area contributed by atoms with Crippen LogP contribution >= 0.6 is 0 Å². The summed E-state index contributed by atoms with van der Waals surface area (Å²) < 4.78 is 7.22. The molecule has 2 aromatic rings. The van der Waals surface area contributed by atoms with Gasteiger partial charge in [0.15, 0.2) is 0 Å². The minimum atomic E-state index is -0.183. The van der Waals surface area contributed by atoms with Crippen LogP contribution in [-0.2, 0) is 11.8 Å². The fourth-order valence-corrected chi connectivity index (χ4v) is 2.13. The summed E-state index contributed by atoms with van der Waals surface area (Å²) in [6.45, 7) is 3.95. The Kier molecular flexibility index (Phi) is 5.01. The third-order valence-electron chi connectivity index (χ3n) is 3.10.